The molecule has 2 aromatic carbocycles. The smallest absolute Gasteiger partial charge is 0.237 e. The quantitative estimate of drug-likeness (QED) is 0.583. The Morgan fingerprint density at radius 2 is 1.97 bits per heavy atom. The molecule has 0 saturated carbocycles. The monoisotopic (exact) mass is 423 g/mol. The largest absolute Gasteiger partial charge is 0.497 e. The maximum absolute atomic E-state index is 12.8. The van der Waals surface area contributed by atoms with E-state index in [0.717, 1.165) is 40.9 Å². The molecule has 164 valence electrons. The second-order valence-electron chi connectivity index (χ2n) is 7.91. The summed E-state index contributed by atoms with van der Waals surface area (Å²) < 4.78 is 11.0. The lowest BCUT2D eigenvalue weighted by atomic mass is 10.2. The topological polar surface area (TPSA) is 78.0 Å². The molecule has 1 saturated heterocycles. The SMILES string of the molecule is COc1ccc(CN2CCCN(C[C@H](O)COc3cccc4[nH]ccc34)CC2=O)cc1. The number of benzene rings is 2. The molecule has 3 aromatic rings. The zero-order valence-corrected chi connectivity index (χ0v) is 17.8. The van der Waals surface area contributed by atoms with Gasteiger partial charge in [0, 0.05) is 43.3 Å². The Balaban J connectivity index is 1.28. The van der Waals surface area contributed by atoms with E-state index in [4.69, 9.17) is 9.47 Å². The van der Waals surface area contributed by atoms with Crippen molar-refractivity contribution in [3.63, 3.8) is 0 Å². The molecule has 7 heteroatoms. The summed E-state index contributed by atoms with van der Waals surface area (Å²) in [7, 11) is 1.64. The summed E-state index contributed by atoms with van der Waals surface area (Å²) in [5.74, 6) is 1.63. The van der Waals surface area contributed by atoms with Crippen LogP contribution < -0.4 is 9.47 Å². The minimum atomic E-state index is -0.671. The first-order valence-corrected chi connectivity index (χ1v) is 10.6. The van der Waals surface area contributed by atoms with E-state index in [0.29, 0.717) is 26.2 Å². The van der Waals surface area contributed by atoms with Crippen LogP contribution in [0.5, 0.6) is 11.5 Å². The van der Waals surface area contributed by atoms with Gasteiger partial charge in [-0.2, -0.15) is 0 Å². The Kier molecular flexibility index (Phi) is 6.74. The fourth-order valence-electron chi connectivity index (χ4n) is 3.97. The van der Waals surface area contributed by atoms with Gasteiger partial charge in [0.25, 0.3) is 0 Å². The molecule has 0 unspecified atom stereocenters. The summed E-state index contributed by atoms with van der Waals surface area (Å²) in [6.07, 6.45) is 2.07. The number of hydrogen-bond donors (Lipinski definition) is 2. The number of methoxy groups -OCH3 is 1. The van der Waals surface area contributed by atoms with E-state index >= 15 is 0 Å². The number of H-pyrrole nitrogens is 1. The maximum atomic E-state index is 12.8. The minimum absolute atomic E-state index is 0.0820. The molecule has 1 fully saturated rings. The molecule has 4 rings (SSSR count). The number of hydrogen-bond acceptors (Lipinski definition) is 5. The van der Waals surface area contributed by atoms with Crippen molar-refractivity contribution in [3.8, 4) is 11.5 Å². The normalized spacial score (nSPS) is 16.3. The van der Waals surface area contributed by atoms with E-state index in [1.165, 1.54) is 0 Å². The molecule has 7 nitrogen and oxygen atoms in total. The predicted molar refractivity (Wildman–Crippen MR) is 119 cm³/mol. The Labute approximate surface area is 182 Å². The molecule has 0 bridgehead atoms. The molecule has 0 aliphatic carbocycles. The maximum Gasteiger partial charge on any atom is 0.237 e. The Morgan fingerprint density at radius 3 is 2.77 bits per heavy atom. The van der Waals surface area contributed by atoms with Gasteiger partial charge in [0.15, 0.2) is 0 Å². The van der Waals surface area contributed by atoms with Crippen molar-refractivity contribution < 1.29 is 19.4 Å². The summed E-state index contributed by atoms with van der Waals surface area (Å²) in [6.45, 7) is 2.97. The lowest BCUT2D eigenvalue weighted by molar-refractivity contribution is -0.132. The highest BCUT2D eigenvalue weighted by Crippen LogP contribution is 2.24. The summed E-state index contributed by atoms with van der Waals surface area (Å²) >= 11 is 0. The van der Waals surface area contributed by atoms with Gasteiger partial charge in [0.05, 0.1) is 13.7 Å². The highest BCUT2D eigenvalue weighted by atomic mass is 16.5. The fourth-order valence-corrected chi connectivity index (χ4v) is 3.97. The van der Waals surface area contributed by atoms with Crippen LogP contribution in [-0.2, 0) is 11.3 Å². The molecular formula is C24H29N3O4. The number of aromatic amines is 1. The van der Waals surface area contributed by atoms with Gasteiger partial charge in [0.2, 0.25) is 5.91 Å². The van der Waals surface area contributed by atoms with Crippen molar-refractivity contribution in [1.29, 1.82) is 0 Å². The van der Waals surface area contributed by atoms with Crippen LogP contribution in [0.4, 0.5) is 0 Å². The molecule has 1 atom stereocenters. The van der Waals surface area contributed by atoms with Gasteiger partial charge in [-0.3, -0.25) is 9.69 Å². The third-order valence-corrected chi connectivity index (χ3v) is 5.60. The number of aromatic nitrogens is 1. The average Bonchev–Trinajstić information content (AvgIpc) is 3.20. The van der Waals surface area contributed by atoms with Crippen molar-refractivity contribution in [2.75, 3.05) is 39.9 Å². The fraction of sp³-hybridized carbons (Fsp3) is 0.375. The number of ether oxygens (including phenoxy) is 2. The number of nitrogens with one attached hydrogen (secondary N) is 1. The second kappa shape index (κ2) is 9.85. The Bertz CT molecular complexity index is 1000. The molecule has 1 aliphatic rings. The first-order chi connectivity index (χ1) is 15.1. The van der Waals surface area contributed by atoms with E-state index in [-0.39, 0.29) is 12.5 Å². The van der Waals surface area contributed by atoms with Crippen molar-refractivity contribution in [2.24, 2.45) is 0 Å². The van der Waals surface area contributed by atoms with Crippen LogP contribution in [0.25, 0.3) is 10.9 Å². The summed E-state index contributed by atoms with van der Waals surface area (Å²) in [6, 6.07) is 15.6. The number of carbonyl (C=O) groups excluding carboxylic acids is 1. The van der Waals surface area contributed by atoms with E-state index in [1.54, 1.807) is 7.11 Å². The number of aliphatic hydroxyl groups is 1. The molecule has 1 aromatic heterocycles. The lowest BCUT2D eigenvalue weighted by Crippen LogP contribution is -2.40. The van der Waals surface area contributed by atoms with E-state index < -0.39 is 6.10 Å². The van der Waals surface area contributed by atoms with Gasteiger partial charge in [-0.25, -0.2) is 0 Å². The molecular weight excluding hydrogens is 394 g/mol. The standard InChI is InChI=1S/C24H29N3O4/c1-30-20-8-6-18(7-9-20)14-27-13-3-12-26(16-24(27)29)15-19(28)17-31-23-5-2-4-22-21(23)10-11-25-22/h2,4-11,19,25,28H,3,12-17H2,1H3/t19-/m0/s1. The van der Waals surface area contributed by atoms with Crippen molar-refractivity contribution >= 4 is 16.8 Å². The number of nitrogens with zero attached hydrogens (tertiary/aromatic N) is 2. The second-order valence-corrected chi connectivity index (χ2v) is 7.91. The number of amides is 1. The van der Waals surface area contributed by atoms with Gasteiger partial charge in [-0.15, -0.1) is 0 Å². The molecule has 31 heavy (non-hydrogen) atoms. The third-order valence-electron chi connectivity index (χ3n) is 5.60. The van der Waals surface area contributed by atoms with Gasteiger partial charge in [0.1, 0.15) is 24.2 Å². The number of aliphatic hydroxyl groups excluding tert-OH is 1. The van der Waals surface area contributed by atoms with E-state index in [9.17, 15) is 9.90 Å². The minimum Gasteiger partial charge on any atom is -0.497 e. The summed E-state index contributed by atoms with van der Waals surface area (Å²) in [5.41, 5.74) is 2.08. The van der Waals surface area contributed by atoms with Gasteiger partial charge in [-0.1, -0.05) is 18.2 Å². The van der Waals surface area contributed by atoms with Crippen LogP contribution in [0.15, 0.2) is 54.7 Å². The van der Waals surface area contributed by atoms with Crippen molar-refractivity contribution in [1.82, 2.24) is 14.8 Å². The Hall–Kier alpha value is -3.03. The molecule has 0 spiro atoms. The van der Waals surface area contributed by atoms with Crippen LogP contribution in [0, 0.1) is 0 Å². The van der Waals surface area contributed by atoms with Crippen LogP contribution >= 0.6 is 0 Å². The number of β-amino-alcohol motifs (C(OH)–C–C–N with tert-alkyl or cyclic N) is 1. The number of fused-ring (bicyclic) bond motifs is 1. The zero-order valence-electron chi connectivity index (χ0n) is 17.8. The van der Waals surface area contributed by atoms with Crippen LogP contribution in [0.2, 0.25) is 0 Å². The third kappa shape index (κ3) is 5.37. The van der Waals surface area contributed by atoms with Crippen LogP contribution in [0.3, 0.4) is 0 Å². The molecule has 1 amide bonds. The molecule has 0 radical (unpaired) electrons. The van der Waals surface area contributed by atoms with Gasteiger partial charge >= 0.3 is 0 Å². The van der Waals surface area contributed by atoms with Crippen molar-refractivity contribution in [2.45, 2.75) is 19.1 Å². The van der Waals surface area contributed by atoms with Crippen molar-refractivity contribution in [3.05, 3.63) is 60.3 Å². The zero-order chi connectivity index (χ0) is 21.6. The van der Waals surface area contributed by atoms with Gasteiger partial charge < -0.3 is 24.5 Å². The molecule has 2 heterocycles. The molecule has 1 aliphatic heterocycles. The highest BCUT2D eigenvalue weighted by molar-refractivity contribution is 5.85. The summed E-state index contributed by atoms with van der Waals surface area (Å²) in [4.78, 5) is 19.8. The summed E-state index contributed by atoms with van der Waals surface area (Å²) in [5, 5.41) is 11.5. The predicted octanol–water partition coefficient (Wildman–Crippen LogP) is 2.65. The molecule has 2 N–H and O–H groups in total. The van der Waals surface area contributed by atoms with Crippen LogP contribution in [0.1, 0.15) is 12.0 Å². The average molecular weight is 424 g/mol. The van der Waals surface area contributed by atoms with Gasteiger partial charge in [-0.05, 0) is 42.3 Å². The Morgan fingerprint density at radius 1 is 1.13 bits per heavy atom. The van der Waals surface area contributed by atoms with E-state index in [2.05, 4.69) is 4.98 Å². The number of carbonyl (C=O) groups is 1. The number of rotatable bonds is 8. The lowest BCUT2D eigenvalue weighted by Gasteiger charge is -2.24. The first kappa shape index (κ1) is 21.2. The van der Waals surface area contributed by atoms with Crippen LogP contribution in [-0.4, -0.2) is 71.8 Å². The highest BCUT2D eigenvalue weighted by Gasteiger charge is 2.23. The first-order valence-electron chi connectivity index (χ1n) is 10.6. The van der Waals surface area contributed by atoms with E-state index in [1.807, 2.05) is 64.5 Å².